The number of piperidine rings is 1. The number of hydrogen-bond donors (Lipinski definition) is 0. The summed E-state index contributed by atoms with van der Waals surface area (Å²) in [6.07, 6.45) is 8.61. The molecule has 136 valence electrons. The fourth-order valence-electron chi connectivity index (χ4n) is 4.36. The van der Waals surface area contributed by atoms with Crippen molar-refractivity contribution in [1.29, 1.82) is 0 Å². The van der Waals surface area contributed by atoms with E-state index in [0.717, 1.165) is 38.5 Å². The lowest BCUT2D eigenvalue weighted by Gasteiger charge is -2.48. The number of fused-ring (bicyclic) bond motifs is 1. The lowest BCUT2D eigenvalue weighted by molar-refractivity contribution is -0.113. The molecule has 0 aliphatic carbocycles. The van der Waals surface area contributed by atoms with Crippen LogP contribution >= 0.6 is 0 Å². The molecule has 0 aromatic carbocycles. The van der Waals surface area contributed by atoms with Crippen molar-refractivity contribution >= 4 is 0 Å². The molecule has 0 bridgehead atoms. The standard InChI is InChI=1S/C19H28N4O2/c1-21(13-17-6-4-7-24-17)18-14-23(11-15-9-20-22(2)10-15)12-16-5-3-8-25-19(16)18/h4,6-7,9-10,16,18-19H,3,5,8,11-14H2,1-2H3/t16-,18+,19-/m0/s1. The molecule has 2 aromatic rings. The van der Waals surface area contributed by atoms with Gasteiger partial charge >= 0.3 is 0 Å². The van der Waals surface area contributed by atoms with Crippen molar-refractivity contribution < 1.29 is 9.15 Å². The number of nitrogens with zero attached hydrogens (tertiary/aromatic N) is 4. The van der Waals surface area contributed by atoms with Crippen LogP contribution in [0.3, 0.4) is 0 Å². The van der Waals surface area contributed by atoms with Gasteiger partial charge in [0, 0.05) is 51.1 Å². The minimum Gasteiger partial charge on any atom is -0.468 e. The summed E-state index contributed by atoms with van der Waals surface area (Å²) in [6.45, 7) is 4.82. The number of hydrogen-bond acceptors (Lipinski definition) is 5. The van der Waals surface area contributed by atoms with E-state index in [2.05, 4.69) is 28.1 Å². The summed E-state index contributed by atoms with van der Waals surface area (Å²) < 4.78 is 13.7. The minimum atomic E-state index is 0.332. The zero-order valence-electron chi connectivity index (χ0n) is 15.2. The van der Waals surface area contributed by atoms with Crippen LogP contribution in [-0.4, -0.2) is 58.5 Å². The van der Waals surface area contributed by atoms with E-state index in [4.69, 9.17) is 9.15 Å². The van der Waals surface area contributed by atoms with Gasteiger partial charge in [-0.25, -0.2) is 0 Å². The second-order valence-corrected chi connectivity index (χ2v) is 7.52. The van der Waals surface area contributed by atoms with Gasteiger partial charge in [0.25, 0.3) is 0 Å². The van der Waals surface area contributed by atoms with Gasteiger partial charge in [0.2, 0.25) is 0 Å². The Labute approximate surface area is 149 Å². The Hall–Kier alpha value is -1.63. The number of likely N-dealkylation sites (N-methyl/N-ethyl adjacent to an activating group) is 1. The first kappa shape index (κ1) is 16.8. The first-order chi connectivity index (χ1) is 12.2. The SMILES string of the molecule is CN(Cc1ccco1)[C@@H]1CN(Cc2cnn(C)c2)C[C@@H]2CCCO[C@@H]21. The van der Waals surface area contributed by atoms with E-state index >= 15 is 0 Å². The van der Waals surface area contributed by atoms with Gasteiger partial charge in [0.1, 0.15) is 5.76 Å². The van der Waals surface area contributed by atoms with E-state index in [-0.39, 0.29) is 0 Å². The number of ether oxygens (including phenoxy) is 1. The number of likely N-dealkylation sites (tertiary alicyclic amines) is 1. The van der Waals surface area contributed by atoms with Crippen LogP contribution in [0, 0.1) is 5.92 Å². The van der Waals surface area contributed by atoms with Crippen LogP contribution in [0.1, 0.15) is 24.2 Å². The van der Waals surface area contributed by atoms with Crippen LogP contribution < -0.4 is 0 Å². The summed E-state index contributed by atoms with van der Waals surface area (Å²) >= 11 is 0. The molecule has 2 fully saturated rings. The largest absolute Gasteiger partial charge is 0.468 e. The molecule has 0 saturated carbocycles. The maximum Gasteiger partial charge on any atom is 0.117 e. The van der Waals surface area contributed by atoms with Crippen LogP contribution in [-0.2, 0) is 24.9 Å². The fourth-order valence-corrected chi connectivity index (χ4v) is 4.36. The summed E-state index contributed by atoms with van der Waals surface area (Å²) in [6, 6.07) is 4.39. The summed E-state index contributed by atoms with van der Waals surface area (Å²) in [5.41, 5.74) is 1.28. The van der Waals surface area contributed by atoms with Crippen molar-refractivity contribution in [3.8, 4) is 0 Å². The zero-order chi connectivity index (χ0) is 17.2. The molecule has 2 saturated heterocycles. The Morgan fingerprint density at radius 1 is 1.36 bits per heavy atom. The monoisotopic (exact) mass is 344 g/mol. The summed E-state index contributed by atoms with van der Waals surface area (Å²) in [4.78, 5) is 4.97. The predicted octanol–water partition coefficient (Wildman–Crippen LogP) is 2.12. The number of aromatic nitrogens is 2. The highest BCUT2D eigenvalue weighted by Crippen LogP contribution is 2.32. The third-order valence-corrected chi connectivity index (χ3v) is 5.53. The second-order valence-electron chi connectivity index (χ2n) is 7.52. The Balaban J connectivity index is 1.48. The lowest BCUT2D eigenvalue weighted by atomic mass is 9.84. The summed E-state index contributed by atoms with van der Waals surface area (Å²) in [5, 5.41) is 4.31. The van der Waals surface area contributed by atoms with E-state index in [0.29, 0.717) is 18.1 Å². The predicted molar refractivity (Wildman–Crippen MR) is 94.9 cm³/mol. The summed E-state index contributed by atoms with van der Waals surface area (Å²) in [5.74, 6) is 1.63. The van der Waals surface area contributed by atoms with Crippen molar-refractivity contribution in [2.45, 2.75) is 38.1 Å². The Kier molecular flexibility index (Phi) is 4.92. The molecule has 2 aliphatic rings. The molecule has 6 nitrogen and oxygen atoms in total. The average molecular weight is 344 g/mol. The van der Waals surface area contributed by atoms with E-state index in [1.54, 1.807) is 6.26 Å². The van der Waals surface area contributed by atoms with Gasteiger partial charge in [-0.3, -0.25) is 14.5 Å². The minimum absolute atomic E-state index is 0.332. The van der Waals surface area contributed by atoms with Gasteiger partial charge in [-0.05, 0) is 37.9 Å². The first-order valence-corrected chi connectivity index (χ1v) is 9.23. The van der Waals surface area contributed by atoms with Crippen LogP contribution in [0.15, 0.2) is 35.2 Å². The maximum absolute atomic E-state index is 6.22. The molecular weight excluding hydrogens is 316 g/mol. The van der Waals surface area contributed by atoms with E-state index in [9.17, 15) is 0 Å². The highest BCUT2D eigenvalue weighted by molar-refractivity contribution is 5.06. The van der Waals surface area contributed by atoms with E-state index < -0.39 is 0 Å². The second kappa shape index (κ2) is 7.32. The quantitative estimate of drug-likeness (QED) is 0.831. The molecule has 0 N–H and O–H groups in total. The molecule has 4 rings (SSSR count). The van der Waals surface area contributed by atoms with Crippen LogP contribution in [0.5, 0.6) is 0 Å². The summed E-state index contributed by atoms with van der Waals surface area (Å²) in [7, 11) is 4.17. The molecule has 2 aromatic heterocycles. The number of aryl methyl sites for hydroxylation is 1. The van der Waals surface area contributed by atoms with Crippen molar-refractivity contribution in [3.05, 3.63) is 42.1 Å². The molecule has 25 heavy (non-hydrogen) atoms. The molecular formula is C19H28N4O2. The lowest BCUT2D eigenvalue weighted by Crippen LogP contribution is -2.59. The van der Waals surface area contributed by atoms with Gasteiger partial charge in [-0.1, -0.05) is 0 Å². The molecule has 2 aliphatic heterocycles. The first-order valence-electron chi connectivity index (χ1n) is 9.23. The van der Waals surface area contributed by atoms with Gasteiger partial charge in [-0.15, -0.1) is 0 Å². The third kappa shape index (κ3) is 3.81. The molecule has 0 radical (unpaired) electrons. The van der Waals surface area contributed by atoms with Crippen LogP contribution in [0.2, 0.25) is 0 Å². The van der Waals surface area contributed by atoms with Crippen molar-refractivity contribution in [1.82, 2.24) is 19.6 Å². The molecule has 0 amide bonds. The van der Waals surface area contributed by atoms with E-state index in [1.807, 2.05) is 30.1 Å². The highest BCUT2D eigenvalue weighted by Gasteiger charge is 2.41. The average Bonchev–Trinajstić information content (AvgIpc) is 3.26. The van der Waals surface area contributed by atoms with Gasteiger partial charge in [0.15, 0.2) is 0 Å². The van der Waals surface area contributed by atoms with Crippen molar-refractivity contribution in [2.24, 2.45) is 13.0 Å². The van der Waals surface area contributed by atoms with Crippen LogP contribution in [0.25, 0.3) is 0 Å². The van der Waals surface area contributed by atoms with Gasteiger partial charge in [0.05, 0.1) is 25.1 Å². The van der Waals surface area contributed by atoms with Gasteiger partial charge in [-0.2, -0.15) is 5.10 Å². The van der Waals surface area contributed by atoms with Gasteiger partial charge < -0.3 is 9.15 Å². The highest BCUT2D eigenvalue weighted by atomic mass is 16.5. The molecule has 0 spiro atoms. The third-order valence-electron chi connectivity index (χ3n) is 5.53. The molecule has 3 atom stereocenters. The zero-order valence-corrected chi connectivity index (χ0v) is 15.2. The molecule has 4 heterocycles. The Bertz CT molecular complexity index is 669. The number of furan rings is 1. The van der Waals surface area contributed by atoms with E-state index in [1.165, 1.54) is 18.4 Å². The Morgan fingerprint density at radius 2 is 2.28 bits per heavy atom. The maximum atomic E-state index is 6.22. The van der Waals surface area contributed by atoms with Crippen LogP contribution in [0.4, 0.5) is 0 Å². The van der Waals surface area contributed by atoms with Crippen molar-refractivity contribution in [3.63, 3.8) is 0 Å². The Morgan fingerprint density at radius 3 is 3.04 bits per heavy atom. The molecule has 6 heteroatoms. The molecule has 0 unspecified atom stereocenters. The topological polar surface area (TPSA) is 46.7 Å². The fraction of sp³-hybridized carbons (Fsp3) is 0.632. The normalized spacial score (nSPS) is 27.6. The number of rotatable bonds is 5. The van der Waals surface area contributed by atoms with Crippen molar-refractivity contribution in [2.75, 3.05) is 26.7 Å². The smallest absolute Gasteiger partial charge is 0.117 e.